The fourth-order valence-electron chi connectivity index (χ4n) is 2.05. The molecule has 0 atom stereocenters. The van der Waals surface area contributed by atoms with Crippen molar-refractivity contribution in [3.63, 3.8) is 0 Å². The Kier molecular flexibility index (Phi) is 3.39. The number of nitrogens with two attached hydrogens (primary N) is 3. The second-order valence-corrected chi connectivity index (χ2v) is 4.19. The van der Waals surface area contributed by atoms with Gasteiger partial charge in [0.1, 0.15) is 0 Å². The largest absolute Gasteiger partial charge is 0.399 e. The summed E-state index contributed by atoms with van der Waals surface area (Å²) < 4.78 is 0. The molecule has 18 heavy (non-hydrogen) atoms. The Morgan fingerprint density at radius 1 is 0.889 bits per heavy atom. The average molecular weight is 243 g/mol. The second kappa shape index (κ2) is 4.98. The maximum absolute atomic E-state index is 9.13. The Bertz CT molecular complexity index is 567. The zero-order valence-electron chi connectivity index (χ0n) is 10.1. The monoisotopic (exact) mass is 243 g/mol. The Labute approximate surface area is 106 Å². The second-order valence-electron chi connectivity index (χ2n) is 4.19. The maximum atomic E-state index is 9.13. The van der Waals surface area contributed by atoms with Crippen molar-refractivity contribution in [3.8, 4) is 11.1 Å². The van der Waals surface area contributed by atoms with Crippen LogP contribution in [0.15, 0.2) is 36.4 Å². The van der Waals surface area contributed by atoms with E-state index in [1.807, 2.05) is 24.3 Å². The van der Waals surface area contributed by atoms with Crippen molar-refractivity contribution in [3.05, 3.63) is 42.0 Å². The Hall–Kier alpha value is -2.20. The van der Waals surface area contributed by atoms with Gasteiger partial charge in [0, 0.05) is 29.2 Å². The van der Waals surface area contributed by atoms with E-state index in [0.29, 0.717) is 23.5 Å². The van der Waals surface area contributed by atoms with Gasteiger partial charge in [0.15, 0.2) is 0 Å². The highest BCUT2D eigenvalue weighted by molar-refractivity contribution is 5.83. The lowest BCUT2D eigenvalue weighted by molar-refractivity contribution is 0.300. The molecule has 0 heterocycles. The number of aliphatic hydroxyl groups excluding tert-OH is 1. The quantitative estimate of drug-likeness (QED) is 0.616. The molecule has 0 fully saturated rings. The smallest absolute Gasteiger partial charge is 0.0472 e. The van der Waals surface area contributed by atoms with Gasteiger partial charge in [-0.05, 0) is 41.8 Å². The van der Waals surface area contributed by atoms with Crippen molar-refractivity contribution in [1.29, 1.82) is 0 Å². The highest BCUT2D eigenvalue weighted by Crippen LogP contribution is 2.33. The molecule has 0 spiro atoms. The van der Waals surface area contributed by atoms with E-state index in [-0.39, 0.29) is 6.61 Å². The van der Waals surface area contributed by atoms with Gasteiger partial charge in [-0.25, -0.2) is 0 Å². The predicted octanol–water partition coefficient (Wildman–Crippen LogP) is 1.64. The Balaban J connectivity index is 2.63. The van der Waals surface area contributed by atoms with Crippen LogP contribution in [0.2, 0.25) is 0 Å². The fourth-order valence-corrected chi connectivity index (χ4v) is 2.05. The molecule has 0 aromatic heterocycles. The van der Waals surface area contributed by atoms with Crippen LogP contribution in [-0.4, -0.2) is 11.7 Å². The molecule has 0 saturated carbocycles. The molecule has 0 unspecified atom stereocenters. The zero-order chi connectivity index (χ0) is 13.1. The van der Waals surface area contributed by atoms with E-state index < -0.39 is 0 Å². The maximum Gasteiger partial charge on any atom is 0.0472 e. The van der Waals surface area contributed by atoms with Crippen LogP contribution in [0.5, 0.6) is 0 Å². The average Bonchev–Trinajstić information content (AvgIpc) is 2.35. The molecule has 0 aliphatic rings. The summed E-state index contributed by atoms with van der Waals surface area (Å²) in [6, 6.07) is 11.0. The third-order valence-electron chi connectivity index (χ3n) is 2.94. The molecule has 2 rings (SSSR count). The molecule has 0 aliphatic carbocycles. The van der Waals surface area contributed by atoms with Crippen molar-refractivity contribution in [1.82, 2.24) is 0 Å². The van der Waals surface area contributed by atoms with E-state index in [2.05, 4.69) is 0 Å². The summed E-state index contributed by atoms with van der Waals surface area (Å²) in [5, 5.41) is 9.13. The first-order valence-electron chi connectivity index (χ1n) is 5.77. The Morgan fingerprint density at radius 3 is 2.39 bits per heavy atom. The van der Waals surface area contributed by atoms with Crippen LogP contribution in [0, 0.1) is 0 Å². The van der Waals surface area contributed by atoms with Crippen LogP contribution in [0.4, 0.5) is 17.1 Å². The topological polar surface area (TPSA) is 98.3 Å². The molecule has 94 valence electrons. The lowest BCUT2D eigenvalue weighted by atomic mass is 9.95. The van der Waals surface area contributed by atoms with E-state index in [1.54, 1.807) is 12.1 Å². The zero-order valence-corrected chi connectivity index (χ0v) is 10.1. The van der Waals surface area contributed by atoms with Gasteiger partial charge in [-0.1, -0.05) is 12.1 Å². The van der Waals surface area contributed by atoms with Crippen LogP contribution < -0.4 is 17.2 Å². The summed E-state index contributed by atoms with van der Waals surface area (Å²) in [6.07, 6.45) is 0.496. The molecular weight excluding hydrogens is 226 g/mol. The first-order chi connectivity index (χ1) is 8.63. The molecule has 4 heteroatoms. The Morgan fingerprint density at radius 2 is 1.67 bits per heavy atom. The van der Waals surface area contributed by atoms with Crippen LogP contribution in [0.25, 0.3) is 11.1 Å². The van der Waals surface area contributed by atoms with Gasteiger partial charge in [0.05, 0.1) is 0 Å². The predicted molar refractivity (Wildman–Crippen MR) is 75.9 cm³/mol. The highest BCUT2D eigenvalue weighted by atomic mass is 16.2. The van der Waals surface area contributed by atoms with Gasteiger partial charge in [-0.2, -0.15) is 0 Å². The molecule has 7 N–H and O–H groups in total. The molecule has 0 saturated heterocycles. The van der Waals surface area contributed by atoms with Gasteiger partial charge in [0.25, 0.3) is 0 Å². The third kappa shape index (κ3) is 2.24. The molecule has 0 aliphatic heterocycles. The van der Waals surface area contributed by atoms with Crippen LogP contribution in [0.3, 0.4) is 0 Å². The minimum absolute atomic E-state index is 0.0451. The SMILES string of the molecule is Nc1ccc(N)c(-c2cccc(N)c2CCO)c1. The molecule has 4 nitrogen and oxygen atoms in total. The van der Waals surface area contributed by atoms with Gasteiger partial charge in [-0.15, -0.1) is 0 Å². The molecule has 0 radical (unpaired) electrons. The van der Waals surface area contributed by atoms with E-state index in [0.717, 1.165) is 16.7 Å². The summed E-state index contributed by atoms with van der Waals surface area (Å²) in [5.41, 5.74) is 22.3. The number of hydrogen-bond donors (Lipinski definition) is 4. The summed E-state index contributed by atoms with van der Waals surface area (Å²) in [7, 11) is 0. The van der Waals surface area contributed by atoms with Gasteiger partial charge < -0.3 is 22.3 Å². The van der Waals surface area contributed by atoms with Gasteiger partial charge in [0.2, 0.25) is 0 Å². The summed E-state index contributed by atoms with van der Waals surface area (Å²) in [5.74, 6) is 0. The summed E-state index contributed by atoms with van der Waals surface area (Å²) in [4.78, 5) is 0. The summed E-state index contributed by atoms with van der Waals surface area (Å²) in [6.45, 7) is 0.0451. The number of benzene rings is 2. The van der Waals surface area contributed by atoms with Crippen LogP contribution >= 0.6 is 0 Å². The summed E-state index contributed by atoms with van der Waals surface area (Å²) >= 11 is 0. The lowest BCUT2D eigenvalue weighted by Gasteiger charge is -2.14. The third-order valence-corrected chi connectivity index (χ3v) is 2.94. The first kappa shape index (κ1) is 12.3. The first-order valence-corrected chi connectivity index (χ1v) is 5.77. The molecule has 2 aromatic carbocycles. The van der Waals surface area contributed by atoms with E-state index in [9.17, 15) is 0 Å². The standard InChI is InChI=1S/C14H17N3O/c15-9-4-5-14(17)12(8-9)10-2-1-3-13(16)11(10)6-7-18/h1-5,8,18H,6-7,15-17H2. The van der Waals surface area contributed by atoms with E-state index in [4.69, 9.17) is 22.3 Å². The molecule has 0 amide bonds. The van der Waals surface area contributed by atoms with Gasteiger partial charge >= 0.3 is 0 Å². The van der Waals surface area contributed by atoms with Crippen molar-refractivity contribution >= 4 is 17.1 Å². The molecular formula is C14H17N3O. The number of aliphatic hydroxyl groups is 1. The minimum atomic E-state index is 0.0451. The number of anilines is 3. The normalized spacial score (nSPS) is 10.5. The van der Waals surface area contributed by atoms with Crippen molar-refractivity contribution in [2.45, 2.75) is 6.42 Å². The van der Waals surface area contributed by atoms with Gasteiger partial charge in [-0.3, -0.25) is 0 Å². The number of rotatable bonds is 3. The fraction of sp³-hybridized carbons (Fsp3) is 0.143. The van der Waals surface area contributed by atoms with Crippen molar-refractivity contribution in [2.75, 3.05) is 23.8 Å². The highest BCUT2D eigenvalue weighted by Gasteiger charge is 2.10. The number of hydrogen-bond acceptors (Lipinski definition) is 4. The van der Waals surface area contributed by atoms with Crippen LogP contribution in [0.1, 0.15) is 5.56 Å². The van der Waals surface area contributed by atoms with E-state index in [1.165, 1.54) is 0 Å². The van der Waals surface area contributed by atoms with Crippen molar-refractivity contribution < 1.29 is 5.11 Å². The van der Waals surface area contributed by atoms with Crippen molar-refractivity contribution in [2.24, 2.45) is 0 Å². The molecule has 0 bridgehead atoms. The minimum Gasteiger partial charge on any atom is -0.399 e. The van der Waals surface area contributed by atoms with E-state index >= 15 is 0 Å². The number of nitrogen functional groups attached to an aromatic ring is 3. The molecule has 2 aromatic rings. The van der Waals surface area contributed by atoms with Crippen LogP contribution in [-0.2, 0) is 6.42 Å². The lowest BCUT2D eigenvalue weighted by Crippen LogP contribution is -2.02.